The van der Waals surface area contributed by atoms with Crippen molar-refractivity contribution in [1.82, 2.24) is 4.72 Å². The summed E-state index contributed by atoms with van der Waals surface area (Å²) in [6.45, 7) is 3.81. The number of halogens is 2. The number of aryl methyl sites for hydroxylation is 1. The van der Waals surface area contributed by atoms with E-state index in [0.29, 0.717) is 16.5 Å². The predicted octanol–water partition coefficient (Wildman–Crippen LogP) is 4.16. The van der Waals surface area contributed by atoms with Crippen LogP contribution < -0.4 is 4.72 Å². The van der Waals surface area contributed by atoms with Crippen LogP contribution >= 0.6 is 23.2 Å². The average Bonchev–Trinajstić information content (AvgIpc) is 2.36. The zero-order chi connectivity index (χ0) is 14.9. The van der Waals surface area contributed by atoms with Crippen LogP contribution in [-0.2, 0) is 10.0 Å². The van der Waals surface area contributed by atoms with Crippen molar-refractivity contribution in [3.63, 3.8) is 0 Å². The standard InChI is InChI=1S/C14H19Cl2NO2S/c1-9-5-3-4-6-13(9)17-20(18,19)14-8-12(16)11(15)7-10(14)2/h7-9,13,17H,3-6H2,1-2H3/t9-,13+/m1/s1. The van der Waals surface area contributed by atoms with Gasteiger partial charge < -0.3 is 0 Å². The molecule has 0 saturated heterocycles. The number of benzene rings is 1. The van der Waals surface area contributed by atoms with Gasteiger partial charge in [-0.15, -0.1) is 0 Å². The quantitative estimate of drug-likeness (QED) is 0.901. The first-order valence-corrected chi connectivity index (χ1v) is 9.03. The molecule has 1 aliphatic carbocycles. The van der Waals surface area contributed by atoms with Gasteiger partial charge in [0.05, 0.1) is 14.9 Å². The van der Waals surface area contributed by atoms with Gasteiger partial charge in [-0.25, -0.2) is 13.1 Å². The third kappa shape index (κ3) is 3.48. The molecule has 6 heteroatoms. The van der Waals surface area contributed by atoms with E-state index in [2.05, 4.69) is 11.6 Å². The second-order valence-corrected chi connectivity index (χ2v) is 8.02. The molecule has 112 valence electrons. The molecule has 0 spiro atoms. The molecule has 0 radical (unpaired) electrons. The van der Waals surface area contributed by atoms with Crippen molar-refractivity contribution in [2.24, 2.45) is 5.92 Å². The minimum absolute atomic E-state index is 0.00241. The first kappa shape index (κ1) is 16.1. The van der Waals surface area contributed by atoms with Gasteiger partial charge in [0, 0.05) is 6.04 Å². The highest BCUT2D eigenvalue weighted by Gasteiger charge is 2.28. The number of hydrogen-bond donors (Lipinski definition) is 1. The van der Waals surface area contributed by atoms with Crippen molar-refractivity contribution in [3.8, 4) is 0 Å². The average molecular weight is 336 g/mol. The van der Waals surface area contributed by atoms with Gasteiger partial charge in [-0.3, -0.25) is 0 Å². The van der Waals surface area contributed by atoms with Crippen molar-refractivity contribution < 1.29 is 8.42 Å². The molecule has 0 unspecified atom stereocenters. The summed E-state index contributed by atoms with van der Waals surface area (Å²) in [5.41, 5.74) is 0.607. The minimum Gasteiger partial charge on any atom is -0.208 e. The van der Waals surface area contributed by atoms with E-state index in [0.717, 1.165) is 19.3 Å². The summed E-state index contributed by atoms with van der Waals surface area (Å²) >= 11 is 11.8. The molecule has 0 heterocycles. The lowest BCUT2D eigenvalue weighted by Gasteiger charge is -2.29. The molecule has 1 aliphatic rings. The fraction of sp³-hybridized carbons (Fsp3) is 0.571. The lowest BCUT2D eigenvalue weighted by atomic mass is 9.87. The molecule has 3 nitrogen and oxygen atoms in total. The minimum atomic E-state index is -3.56. The zero-order valence-electron chi connectivity index (χ0n) is 11.6. The number of nitrogens with one attached hydrogen (secondary N) is 1. The van der Waals surface area contributed by atoms with Crippen LogP contribution in [0.1, 0.15) is 38.2 Å². The third-order valence-corrected chi connectivity index (χ3v) is 6.28. The predicted molar refractivity (Wildman–Crippen MR) is 82.9 cm³/mol. The fourth-order valence-electron chi connectivity index (χ4n) is 2.67. The Labute approximate surface area is 130 Å². The summed E-state index contributed by atoms with van der Waals surface area (Å²) in [6.07, 6.45) is 4.19. The summed E-state index contributed by atoms with van der Waals surface area (Å²) in [5.74, 6) is 0.363. The highest BCUT2D eigenvalue weighted by atomic mass is 35.5. The van der Waals surface area contributed by atoms with Gasteiger partial charge >= 0.3 is 0 Å². The maximum Gasteiger partial charge on any atom is 0.241 e. The summed E-state index contributed by atoms with van der Waals surface area (Å²) < 4.78 is 27.9. The van der Waals surface area contributed by atoms with Crippen LogP contribution in [0, 0.1) is 12.8 Å². The van der Waals surface area contributed by atoms with Crippen LogP contribution in [0.2, 0.25) is 10.0 Å². The lowest BCUT2D eigenvalue weighted by Crippen LogP contribution is -2.41. The van der Waals surface area contributed by atoms with E-state index < -0.39 is 10.0 Å². The van der Waals surface area contributed by atoms with Gasteiger partial charge in [0.1, 0.15) is 0 Å². The summed E-state index contributed by atoms with van der Waals surface area (Å²) in [7, 11) is -3.56. The zero-order valence-corrected chi connectivity index (χ0v) is 13.9. The van der Waals surface area contributed by atoms with Gasteiger partial charge in [0.2, 0.25) is 10.0 Å². The Kier molecular flexibility index (Phi) is 5.00. The molecule has 0 amide bonds. The van der Waals surface area contributed by atoms with Crippen LogP contribution in [0.25, 0.3) is 0 Å². The largest absolute Gasteiger partial charge is 0.241 e. The molecular formula is C14H19Cl2NO2S. The van der Waals surface area contributed by atoms with Gasteiger partial charge in [0.25, 0.3) is 0 Å². The van der Waals surface area contributed by atoms with Crippen molar-refractivity contribution in [2.75, 3.05) is 0 Å². The van der Waals surface area contributed by atoms with Crippen molar-refractivity contribution in [3.05, 3.63) is 27.7 Å². The summed E-state index contributed by atoms with van der Waals surface area (Å²) in [5, 5.41) is 0.628. The van der Waals surface area contributed by atoms with Crippen LogP contribution in [0.3, 0.4) is 0 Å². The molecule has 1 aromatic carbocycles. The highest BCUT2D eigenvalue weighted by molar-refractivity contribution is 7.89. The van der Waals surface area contributed by atoms with E-state index in [4.69, 9.17) is 23.2 Å². The Morgan fingerprint density at radius 2 is 1.75 bits per heavy atom. The Hall–Kier alpha value is -0.290. The summed E-state index contributed by atoms with van der Waals surface area (Å²) in [6, 6.07) is 3.01. The monoisotopic (exact) mass is 335 g/mol. The first-order chi connectivity index (χ1) is 9.31. The maximum absolute atomic E-state index is 12.5. The van der Waals surface area contributed by atoms with Crippen molar-refractivity contribution >= 4 is 33.2 Å². The van der Waals surface area contributed by atoms with E-state index >= 15 is 0 Å². The van der Waals surface area contributed by atoms with E-state index in [1.165, 1.54) is 12.5 Å². The fourth-order valence-corrected chi connectivity index (χ4v) is 4.75. The van der Waals surface area contributed by atoms with E-state index in [1.54, 1.807) is 13.0 Å². The van der Waals surface area contributed by atoms with Crippen LogP contribution in [0.15, 0.2) is 17.0 Å². The molecule has 1 saturated carbocycles. The van der Waals surface area contributed by atoms with E-state index in [-0.39, 0.29) is 16.0 Å². The van der Waals surface area contributed by atoms with E-state index in [9.17, 15) is 8.42 Å². The number of hydrogen-bond acceptors (Lipinski definition) is 2. The van der Waals surface area contributed by atoms with E-state index in [1.807, 2.05) is 0 Å². The highest BCUT2D eigenvalue weighted by Crippen LogP contribution is 2.30. The SMILES string of the molecule is Cc1cc(Cl)c(Cl)cc1S(=O)(=O)N[C@H]1CCCC[C@H]1C. The lowest BCUT2D eigenvalue weighted by molar-refractivity contribution is 0.310. The number of rotatable bonds is 3. The van der Waals surface area contributed by atoms with Crippen LogP contribution in [-0.4, -0.2) is 14.5 Å². The van der Waals surface area contributed by atoms with Gasteiger partial charge in [-0.2, -0.15) is 0 Å². The molecular weight excluding hydrogens is 317 g/mol. The molecule has 2 atom stereocenters. The Bertz CT molecular complexity index is 601. The Balaban J connectivity index is 2.28. The Morgan fingerprint density at radius 1 is 1.15 bits per heavy atom. The second-order valence-electron chi connectivity index (χ2n) is 5.52. The first-order valence-electron chi connectivity index (χ1n) is 6.79. The molecule has 2 rings (SSSR count). The van der Waals surface area contributed by atoms with Gasteiger partial charge in [-0.1, -0.05) is 43.0 Å². The van der Waals surface area contributed by atoms with Crippen molar-refractivity contribution in [2.45, 2.75) is 50.5 Å². The maximum atomic E-state index is 12.5. The van der Waals surface area contributed by atoms with Gasteiger partial charge in [0.15, 0.2) is 0 Å². The van der Waals surface area contributed by atoms with Crippen molar-refractivity contribution in [1.29, 1.82) is 0 Å². The summed E-state index contributed by atoms with van der Waals surface area (Å²) in [4.78, 5) is 0.213. The second kappa shape index (κ2) is 6.22. The molecule has 20 heavy (non-hydrogen) atoms. The smallest absolute Gasteiger partial charge is 0.208 e. The molecule has 0 aliphatic heterocycles. The molecule has 0 bridgehead atoms. The molecule has 1 aromatic rings. The van der Waals surface area contributed by atoms with Crippen LogP contribution in [0.4, 0.5) is 0 Å². The topological polar surface area (TPSA) is 46.2 Å². The Morgan fingerprint density at radius 3 is 2.40 bits per heavy atom. The molecule has 1 N–H and O–H groups in total. The van der Waals surface area contributed by atoms with Gasteiger partial charge in [-0.05, 0) is 43.4 Å². The third-order valence-electron chi connectivity index (χ3n) is 3.93. The van der Waals surface area contributed by atoms with Crippen LogP contribution in [0.5, 0.6) is 0 Å². The molecule has 1 fully saturated rings. The number of sulfonamides is 1. The molecule has 0 aromatic heterocycles. The normalized spacial score (nSPS) is 23.8.